The largest absolute Gasteiger partial charge is 0.507 e. The first-order valence-corrected chi connectivity index (χ1v) is 4.29. The van der Waals surface area contributed by atoms with Crippen LogP contribution in [0.4, 0.5) is 0 Å². The molecule has 13 heavy (non-hydrogen) atoms. The Morgan fingerprint density at radius 3 is 2.62 bits per heavy atom. The predicted octanol–water partition coefficient (Wildman–Crippen LogP) is 2.23. The maximum Gasteiger partial charge on any atom is 0.164 e. The molecule has 1 rings (SSSR count). The van der Waals surface area contributed by atoms with Crippen molar-refractivity contribution in [2.24, 2.45) is 0 Å². The van der Waals surface area contributed by atoms with Gasteiger partial charge in [0, 0.05) is 4.47 Å². The Hall–Kier alpha value is -1.34. The SMILES string of the molecule is CC(=O)c1c(O)ccc(Br)c1C#N. The fraction of sp³-hybridized carbons (Fsp3) is 0.111. The third-order valence-electron chi connectivity index (χ3n) is 1.60. The molecule has 0 amide bonds. The molecular weight excluding hydrogens is 234 g/mol. The van der Waals surface area contributed by atoms with Gasteiger partial charge in [-0.2, -0.15) is 5.26 Å². The molecule has 0 bridgehead atoms. The number of phenolic OH excluding ortho intramolecular Hbond substituents is 1. The van der Waals surface area contributed by atoms with Gasteiger partial charge >= 0.3 is 0 Å². The number of carbonyl (C=O) groups is 1. The third kappa shape index (κ3) is 1.70. The van der Waals surface area contributed by atoms with Gasteiger partial charge in [-0.3, -0.25) is 4.79 Å². The number of carbonyl (C=O) groups excluding carboxylic acids is 1. The Morgan fingerprint density at radius 2 is 2.23 bits per heavy atom. The highest BCUT2D eigenvalue weighted by atomic mass is 79.9. The van der Waals surface area contributed by atoms with Gasteiger partial charge in [-0.05, 0) is 35.0 Å². The molecule has 1 N–H and O–H groups in total. The molecule has 0 atom stereocenters. The molecular formula is C9H6BrNO2. The molecule has 4 heteroatoms. The second-order valence-corrected chi connectivity index (χ2v) is 3.34. The molecule has 1 aromatic carbocycles. The van der Waals surface area contributed by atoms with E-state index in [1.807, 2.05) is 6.07 Å². The molecule has 0 aliphatic rings. The monoisotopic (exact) mass is 239 g/mol. The van der Waals surface area contributed by atoms with Crippen LogP contribution < -0.4 is 0 Å². The van der Waals surface area contributed by atoms with Crippen LogP contribution >= 0.6 is 15.9 Å². The Kier molecular flexibility index (Phi) is 2.69. The van der Waals surface area contributed by atoms with E-state index in [1.54, 1.807) is 0 Å². The first-order valence-electron chi connectivity index (χ1n) is 3.50. The molecule has 0 aromatic heterocycles. The number of Topliss-reactive ketones (excluding diaryl/α,β-unsaturated/α-hetero) is 1. The van der Waals surface area contributed by atoms with Crippen LogP contribution in [0.2, 0.25) is 0 Å². The molecule has 0 radical (unpaired) electrons. The number of nitriles is 1. The number of ketones is 1. The lowest BCUT2D eigenvalue weighted by Gasteiger charge is -2.03. The number of aromatic hydroxyl groups is 1. The van der Waals surface area contributed by atoms with Crippen molar-refractivity contribution in [3.05, 3.63) is 27.7 Å². The van der Waals surface area contributed by atoms with Crippen molar-refractivity contribution in [2.45, 2.75) is 6.92 Å². The van der Waals surface area contributed by atoms with Gasteiger partial charge in [0.2, 0.25) is 0 Å². The summed E-state index contributed by atoms with van der Waals surface area (Å²) < 4.78 is 0.512. The van der Waals surface area contributed by atoms with Gasteiger partial charge in [-0.25, -0.2) is 0 Å². The van der Waals surface area contributed by atoms with E-state index < -0.39 is 0 Å². The van der Waals surface area contributed by atoms with E-state index in [4.69, 9.17) is 5.26 Å². The lowest BCUT2D eigenvalue weighted by molar-refractivity contribution is 0.101. The molecule has 3 nitrogen and oxygen atoms in total. The fourth-order valence-electron chi connectivity index (χ4n) is 1.03. The van der Waals surface area contributed by atoms with Crippen molar-refractivity contribution >= 4 is 21.7 Å². The molecule has 1 aromatic rings. The molecule has 0 spiro atoms. The standard InChI is InChI=1S/C9H6BrNO2/c1-5(12)9-6(4-11)7(10)2-3-8(9)13/h2-3,13H,1H3. The Balaban J connectivity index is 3.55. The van der Waals surface area contributed by atoms with Crippen LogP contribution in [-0.4, -0.2) is 10.9 Å². The highest BCUT2D eigenvalue weighted by Gasteiger charge is 2.14. The Labute approximate surface area is 83.7 Å². The zero-order valence-corrected chi connectivity index (χ0v) is 8.42. The quantitative estimate of drug-likeness (QED) is 0.765. The van der Waals surface area contributed by atoms with Crippen LogP contribution in [-0.2, 0) is 0 Å². The number of hydrogen-bond donors (Lipinski definition) is 1. The molecule has 0 aliphatic carbocycles. The van der Waals surface area contributed by atoms with Crippen molar-refractivity contribution in [1.82, 2.24) is 0 Å². The highest BCUT2D eigenvalue weighted by molar-refractivity contribution is 9.10. The van der Waals surface area contributed by atoms with Gasteiger partial charge in [0.15, 0.2) is 5.78 Å². The number of halogens is 1. The second-order valence-electron chi connectivity index (χ2n) is 2.48. The van der Waals surface area contributed by atoms with Crippen molar-refractivity contribution in [2.75, 3.05) is 0 Å². The summed E-state index contributed by atoms with van der Waals surface area (Å²) in [6, 6.07) is 4.76. The zero-order chi connectivity index (χ0) is 10.0. The van der Waals surface area contributed by atoms with Gasteiger partial charge in [0.25, 0.3) is 0 Å². The molecule has 66 valence electrons. The molecule has 0 heterocycles. The van der Waals surface area contributed by atoms with E-state index in [0.29, 0.717) is 4.47 Å². The van der Waals surface area contributed by atoms with Crippen LogP contribution in [0.5, 0.6) is 5.75 Å². The summed E-state index contributed by atoms with van der Waals surface area (Å²) in [6.45, 7) is 1.31. The van der Waals surface area contributed by atoms with Crippen LogP contribution in [0.3, 0.4) is 0 Å². The summed E-state index contributed by atoms with van der Waals surface area (Å²) in [7, 11) is 0. The summed E-state index contributed by atoms with van der Waals surface area (Å²) in [5.41, 5.74) is 0.240. The molecule has 0 saturated carbocycles. The lowest BCUT2D eigenvalue weighted by Crippen LogP contribution is -1.98. The normalized spacial score (nSPS) is 9.31. The number of nitrogens with zero attached hydrogens (tertiary/aromatic N) is 1. The summed E-state index contributed by atoms with van der Waals surface area (Å²) in [5, 5.41) is 18.1. The van der Waals surface area contributed by atoms with Crippen LogP contribution in [0.1, 0.15) is 22.8 Å². The Morgan fingerprint density at radius 1 is 1.62 bits per heavy atom. The average Bonchev–Trinajstić information content (AvgIpc) is 2.07. The van der Waals surface area contributed by atoms with Crippen LogP contribution in [0.25, 0.3) is 0 Å². The lowest BCUT2D eigenvalue weighted by atomic mass is 10.0. The van der Waals surface area contributed by atoms with E-state index in [2.05, 4.69) is 15.9 Å². The van der Waals surface area contributed by atoms with Crippen LogP contribution in [0.15, 0.2) is 16.6 Å². The molecule has 0 fully saturated rings. The predicted molar refractivity (Wildman–Crippen MR) is 50.5 cm³/mol. The maximum absolute atomic E-state index is 11.1. The van der Waals surface area contributed by atoms with E-state index in [0.717, 1.165) is 0 Å². The van der Waals surface area contributed by atoms with E-state index in [-0.39, 0.29) is 22.7 Å². The second kappa shape index (κ2) is 3.58. The minimum absolute atomic E-state index is 0.0666. The first-order chi connectivity index (χ1) is 6.07. The smallest absolute Gasteiger partial charge is 0.164 e. The summed E-state index contributed by atoms with van der Waals surface area (Å²) in [5.74, 6) is -0.484. The molecule has 0 saturated heterocycles. The van der Waals surface area contributed by atoms with E-state index in [1.165, 1.54) is 19.1 Å². The first kappa shape index (κ1) is 9.75. The maximum atomic E-state index is 11.1. The molecule has 0 aliphatic heterocycles. The van der Waals surface area contributed by atoms with E-state index in [9.17, 15) is 9.90 Å². The summed E-state index contributed by atoms with van der Waals surface area (Å²) in [4.78, 5) is 11.1. The summed E-state index contributed by atoms with van der Waals surface area (Å²) >= 11 is 3.12. The van der Waals surface area contributed by atoms with Gasteiger partial charge in [-0.15, -0.1) is 0 Å². The van der Waals surface area contributed by atoms with Gasteiger partial charge in [-0.1, -0.05) is 0 Å². The van der Waals surface area contributed by atoms with Crippen molar-refractivity contribution in [3.8, 4) is 11.8 Å². The van der Waals surface area contributed by atoms with Gasteiger partial charge in [0.05, 0.1) is 11.1 Å². The van der Waals surface area contributed by atoms with Gasteiger partial charge < -0.3 is 5.11 Å². The topological polar surface area (TPSA) is 61.1 Å². The minimum atomic E-state index is -0.324. The minimum Gasteiger partial charge on any atom is -0.507 e. The Bertz CT molecular complexity index is 407. The highest BCUT2D eigenvalue weighted by Crippen LogP contribution is 2.27. The number of rotatable bonds is 1. The van der Waals surface area contributed by atoms with E-state index >= 15 is 0 Å². The average molecular weight is 240 g/mol. The zero-order valence-electron chi connectivity index (χ0n) is 6.84. The number of hydrogen-bond acceptors (Lipinski definition) is 3. The van der Waals surface area contributed by atoms with Crippen molar-refractivity contribution in [1.29, 1.82) is 5.26 Å². The third-order valence-corrected chi connectivity index (χ3v) is 2.26. The molecule has 0 unspecified atom stereocenters. The number of phenols is 1. The van der Waals surface area contributed by atoms with Crippen LogP contribution in [0, 0.1) is 11.3 Å². The van der Waals surface area contributed by atoms with Crippen molar-refractivity contribution in [3.63, 3.8) is 0 Å². The summed E-state index contributed by atoms with van der Waals surface area (Å²) in [6.07, 6.45) is 0. The van der Waals surface area contributed by atoms with Crippen molar-refractivity contribution < 1.29 is 9.90 Å². The number of benzene rings is 1. The fourth-order valence-corrected chi connectivity index (χ4v) is 1.45. The van der Waals surface area contributed by atoms with Gasteiger partial charge in [0.1, 0.15) is 11.8 Å².